The second kappa shape index (κ2) is 6.01. The zero-order valence-corrected chi connectivity index (χ0v) is 11.6. The quantitative estimate of drug-likeness (QED) is 0.864. The van der Waals surface area contributed by atoms with Crippen LogP contribution in [0.5, 0.6) is 0 Å². The van der Waals surface area contributed by atoms with E-state index in [2.05, 4.69) is 4.72 Å². The highest BCUT2D eigenvalue weighted by Crippen LogP contribution is 2.19. The van der Waals surface area contributed by atoms with Gasteiger partial charge in [0, 0.05) is 6.54 Å². The fourth-order valence-corrected chi connectivity index (χ4v) is 2.47. The molecule has 1 N–H and O–H groups in total. The number of nitriles is 1. The molecule has 1 aromatic carbocycles. The molecule has 0 aromatic heterocycles. The van der Waals surface area contributed by atoms with Gasteiger partial charge in [0.25, 0.3) is 0 Å². The molecule has 0 atom stereocenters. The Hall–Kier alpha value is -1.35. The van der Waals surface area contributed by atoms with Crippen molar-refractivity contribution >= 4 is 21.6 Å². The molecule has 0 saturated carbocycles. The number of rotatable bonds is 4. The summed E-state index contributed by atoms with van der Waals surface area (Å²) in [6.45, 7) is 3.99. The summed E-state index contributed by atoms with van der Waals surface area (Å²) in [5.41, 5.74) is 1.27. The van der Waals surface area contributed by atoms with Crippen molar-refractivity contribution in [3.05, 3.63) is 40.4 Å². The molecule has 0 bridgehead atoms. The zero-order valence-electron chi connectivity index (χ0n) is 10.1. The summed E-state index contributed by atoms with van der Waals surface area (Å²) < 4.78 is 26.2. The molecule has 0 amide bonds. The minimum atomic E-state index is -3.59. The van der Waals surface area contributed by atoms with E-state index in [9.17, 15) is 8.42 Å². The second-order valence-corrected chi connectivity index (χ2v) is 6.06. The van der Waals surface area contributed by atoms with E-state index in [1.165, 1.54) is 18.2 Å². The van der Waals surface area contributed by atoms with Crippen LogP contribution in [0.1, 0.15) is 19.4 Å². The molecule has 0 spiro atoms. The van der Waals surface area contributed by atoms with Crippen molar-refractivity contribution in [3.8, 4) is 6.07 Å². The number of halogens is 1. The summed E-state index contributed by atoms with van der Waals surface area (Å²) in [7, 11) is -3.59. The summed E-state index contributed by atoms with van der Waals surface area (Å²) in [5.74, 6) is 0. The van der Waals surface area contributed by atoms with Gasteiger partial charge < -0.3 is 0 Å². The SMILES string of the molecule is CC(C)=CCNS(=O)(=O)c1ccc(C#N)c(Cl)c1. The van der Waals surface area contributed by atoms with Crippen molar-refractivity contribution in [2.75, 3.05) is 6.54 Å². The fourth-order valence-electron chi connectivity index (χ4n) is 1.19. The van der Waals surface area contributed by atoms with Crippen molar-refractivity contribution in [1.29, 1.82) is 5.26 Å². The number of nitrogens with one attached hydrogen (secondary N) is 1. The molecule has 1 aromatic rings. The Bertz CT molecular complexity index is 611. The lowest BCUT2D eigenvalue weighted by Gasteiger charge is -2.05. The highest BCUT2D eigenvalue weighted by atomic mass is 35.5. The summed E-state index contributed by atoms with van der Waals surface area (Å²) in [4.78, 5) is 0.0497. The van der Waals surface area contributed by atoms with Gasteiger partial charge in [0.05, 0.1) is 15.5 Å². The first-order valence-corrected chi connectivity index (χ1v) is 7.05. The minimum Gasteiger partial charge on any atom is -0.207 e. The standard InChI is InChI=1S/C12H13ClN2O2S/c1-9(2)5-6-15-18(16,17)11-4-3-10(8-14)12(13)7-11/h3-5,7,15H,6H2,1-2H3. The predicted molar refractivity (Wildman–Crippen MR) is 70.8 cm³/mol. The first-order valence-electron chi connectivity index (χ1n) is 5.19. The summed E-state index contributed by atoms with van der Waals surface area (Å²) in [6, 6.07) is 5.89. The predicted octanol–water partition coefficient (Wildman–Crippen LogP) is 2.46. The normalized spacial score (nSPS) is 10.8. The Morgan fingerprint density at radius 1 is 1.50 bits per heavy atom. The van der Waals surface area contributed by atoms with Crippen LogP contribution in [0.15, 0.2) is 34.7 Å². The maximum absolute atomic E-state index is 11.9. The van der Waals surface area contributed by atoms with Gasteiger partial charge in [0.2, 0.25) is 10.0 Å². The Kier molecular flexibility index (Phi) is 4.91. The van der Waals surface area contributed by atoms with Crippen LogP contribution in [0.3, 0.4) is 0 Å². The van der Waals surface area contributed by atoms with E-state index in [-0.39, 0.29) is 22.0 Å². The van der Waals surface area contributed by atoms with Gasteiger partial charge in [0.15, 0.2) is 0 Å². The Morgan fingerprint density at radius 3 is 2.67 bits per heavy atom. The maximum Gasteiger partial charge on any atom is 0.240 e. The number of nitrogens with zero attached hydrogens (tertiary/aromatic N) is 1. The molecule has 0 unspecified atom stereocenters. The van der Waals surface area contributed by atoms with E-state index >= 15 is 0 Å². The summed E-state index contributed by atoms with van der Waals surface area (Å²) in [5, 5.41) is 8.83. The van der Waals surface area contributed by atoms with Crippen LogP contribution in [0.2, 0.25) is 5.02 Å². The molecule has 0 heterocycles. The molecule has 0 aliphatic rings. The monoisotopic (exact) mass is 284 g/mol. The van der Waals surface area contributed by atoms with Gasteiger partial charge in [-0.3, -0.25) is 0 Å². The average molecular weight is 285 g/mol. The lowest BCUT2D eigenvalue weighted by atomic mass is 10.2. The van der Waals surface area contributed by atoms with Gasteiger partial charge in [-0.05, 0) is 32.0 Å². The van der Waals surface area contributed by atoms with Crippen LogP contribution >= 0.6 is 11.6 Å². The minimum absolute atomic E-state index is 0.0497. The molecule has 4 nitrogen and oxygen atoms in total. The van der Waals surface area contributed by atoms with E-state index in [4.69, 9.17) is 16.9 Å². The number of hydrogen-bond donors (Lipinski definition) is 1. The van der Waals surface area contributed by atoms with E-state index in [1.54, 1.807) is 6.08 Å². The second-order valence-electron chi connectivity index (χ2n) is 3.89. The largest absolute Gasteiger partial charge is 0.240 e. The molecular weight excluding hydrogens is 272 g/mol. The molecule has 1 rings (SSSR count). The highest BCUT2D eigenvalue weighted by molar-refractivity contribution is 7.89. The summed E-state index contributed by atoms with van der Waals surface area (Å²) in [6.07, 6.45) is 1.77. The van der Waals surface area contributed by atoms with Gasteiger partial charge in [-0.2, -0.15) is 5.26 Å². The van der Waals surface area contributed by atoms with E-state index < -0.39 is 10.0 Å². The Labute approximate surface area is 112 Å². The molecule has 96 valence electrons. The molecule has 18 heavy (non-hydrogen) atoms. The third-order valence-electron chi connectivity index (χ3n) is 2.15. The zero-order chi connectivity index (χ0) is 13.8. The third-order valence-corrected chi connectivity index (χ3v) is 3.89. The number of hydrogen-bond acceptors (Lipinski definition) is 3. The van der Waals surface area contributed by atoms with Crippen molar-refractivity contribution in [2.24, 2.45) is 0 Å². The van der Waals surface area contributed by atoms with Gasteiger partial charge >= 0.3 is 0 Å². The highest BCUT2D eigenvalue weighted by Gasteiger charge is 2.14. The third kappa shape index (κ3) is 3.84. The lowest BCUT2D eigenvalue weighted by Crippen LogP contribution is -2.23. The van der Waals surface area contributed by atoms with Crippen LogP contribution in [0.25, 0.3) is 0 Å². The Morgan fingerprint density at radius 2 is 2.17 bits per heavy atom. The number of allylic oxidation sites excluding steroid dienone is 1. The summed E-state index contributed by atoms with van der Waals surface area (Å²) >= 11 is 5.79. The molecule has 0 saturated heterocycles. The van der Waals surface area contributed by atoms with E-state index in [0.29, 0.717) is 0 Å². The van der Waals surface area contributed by atoms with Crippen LogP contribution in [0, 0.1) is 11.3 Å². The fraction of sp³-hybridized carbons (Fsp3) is 0.250. The van der Waals surface area contributed by atoms with Crippen molar-refractivity contribution in [2.45, 2.75) is 18.7 Å². The van der Waals surface area contributed by atoms with E-state index in [0.717, 1.165) is 5.57 Å². The van der Waals surface area contributed by atoms with Crippen LogP contribution in [0.4, 0.5) is 0 Å². The van der Waals surface area contributed by atoms with Gasteiger partial charge in [-0.25, -0.2) is 13.1 Å². The first-order chi connectivity index (χ1) is 8.36. The van der Waals surface area contributed by atoms with Crippen LogP contribution < -0.4 is 4.72 Å². The van der Waals surface area contributed by atoms with Crippen molar-refractivity contribution in [1.82, 2.24) is 4.72 Å². The molecule has 0 aliphatic carbocycles. The first kappa shape index (κ1) is 14.7. The molecule has 0 radical (unpaired) electrons. The van der Waals surface area contributed by atoms with E-state index in [1.807, 2.05) is 19.9 Å². The lowest BCUT2D eigenvalue weighted by molar-refractivity contribution is 0.585. The molecular formula is C12H13ClN2O2S. The molecule has 6 heteroatoms. The topological polar surface area (TPSA) is 70.0 Å². The molecule has 0 fully saturated rings. The number of benzene rings is 1. The van der Waals surface area contributed by atoms with Gasteiger partial charge in [-0.1, -0.05) is 23.3 Å². The number of sulfonamides is 1. The average Bonchev–Trinajstić information content (AvgIpc) is 2.28. The Balaban J connectivity index is 2.96. The smallest absolute Gasteiger partial charge is 0.207 e. The van der Waals surface area contributed by atoms with Crippen molar-refractivity contribution < 1.29 is 8.42 Å². The molecule has 0 aliphatic heterocycles. The maximum atomic E-state index is 11.9. The van der Waals surface area contributed by atoms with Crippen LogP contribution in [-0.4, -0.2) is 15.0 Å². The van der Waals surface area contributed by atoms with Gasteiger partial charge in [-0.15, -0.1) is 0 Å². The van der Waals surface area contributed by atoms with Gasteiger partial charge in [0.1, 0.15) is 6.07 Å². The van der Waals surface area contributed by atoms with Crippen molar-refractivity contribution in [3.63, 3.8) is 0 Å². The van der Waals surface area contributed by atoms with Crippen LogP contribution in [-0.2, 0) is 10.0 Å².